The smallest absolute Gasteiger partial charge is 0.227 e. The van der Waals surface area contributed by atoms with E-state index in [9.17, 15) is 4.79 Å². The highest BCUT2D eigenvalue weighted by atomic mass is 16.1. The second-order valence-electron chi connectivity index (χ2n) is 5.94. The van der Waals surface area contributed by atoms with Crippen LogP contribution in [-0.4, -0.2) is 18.5 Å². The van der Waals surface area contributed by atoms with Crippen LogP contribution in [0.2, 0.25) is 0 Å². The Kier molecular flexibility index (Phi) is 3.45. The number of carbonyl (C=O) groups is 1. The van der Waals surface area contributed by atoms with Crippen molar-refractivity contribution < 1.29 is 4.79 Å². The van der Waals surface area contributed by atoms with Gasteiger partial charge in [0.05, 0.1) is 5.92 Å². The lowest BCUT2D eigenvalue weighted by Crippen LogP contribution is -2.38. The predicted octanol–water partition coefficient (Wildman–Crippen LogP) is 2.89. The number of nitrogens with one attached hydrogen (secondary N) is 2. The second-order valence-corrected chi connectivity index (χ2v) is 5.94. The van der Waals surface area contributed by atoms with Gasteiger partial charge in [0.1, 0.15) is 0 Å². The SMILES string of the molecule is CC(CC1CC1)NC(=O)C1CCNc2ccccc21. The van der Waals surface area contributed by atoms with Gasteiger partial charge in [0.2, 0.25) is 5.91 Å². The van der Waals surface area contributed by atoms with Crippen LogP contribution in [0.1, 0.15) is 44.1 Å². The second kappa shape index (κ2) is 5.24. The minimum Gasteiger partial charge on any atom is -0.385 e. The first-order valence-electron chi connectivity index (χ1n) is 7.37. The first kappa shape index (κ1) is 12.5. The lowest BCUT2D eigenvalue weighted by atomic mass is 9.90. The molecule has 3 nitrogen and oxygen atoms in total. The summed E-state index contributed by atoms with van der Waals surface area (Å²) in [5, 5.41) is 6.56. The van der Waals surface area contributed by atoms with Crippen molar-refractivity contribution >= 4 is 11.6 Å². The lowest BCUT2D eigenvalue weighted by molar-refractivity contribution is -0.123. The maximum Gasteiger partial charge on any atom is 0.227 e. The molecule has 2 N–H and O–H groups in total. The van der Waals surface area contributed by atoms with Gasteiger partial charge in [0.25, 0.3) is 0 Å². The van der Waals surface area contributed by atoms with Gasteiger partial charge < -0.3 is 10.6 Å². The van der Waals surface area contributed by atoms with Crippen LogP contribution in [-0.2, 0) is 4.79 Å². The Morgan fingerprint density at radius 3 is 2.95 bits per heavy atom. The molecule has 19 heavy (non-hydrogen) atoms. The van der Waals surface area contributed by atoms with E-state index in [0.29, 0.717) is 6.04 Å². The van der Waals surface area contributed by atoms with Gasteiger partial charge in [0, 0.05) is 18.3 Å². The van der Waals surface area contributed by atoms with Crippen molar-refractivity contribution in [3.63, 3.8) is 0 Å². The number of para-hydroxylation sites is 1. The third-order valence-electron chi connectivity index (χ3n) is 4.17. The van der Waals surface area contributed by atoms with Gasteiger partial charge in [-0.1, -0.05) is 31.0 Å². The summed E-state index contributed by atoms with van der Waals surface area (Å²) in [5.41, 5.74) is 2.26. The summed E-state index contributed by atoms with van der Waals surface area (Å²) in [4.78, 5) is 12.4. The van der Waals surface area contributed by atoms with Crippen LogP contribution < -0.4 is 10.6 Å². The van der Waals surface area contributed by atoms with Crippen molar-refractivity contribution in [2.45, 2.75) is 44.6 Å². The molecular formula is C16H22N2O. The minimum absolute atomic E-state index is 0.0131. The molecule has 1 aliphatic heterocycles. The van der Waals surface area contributed by atoms with Gasteiger partial charge in [-0.15, -0.1) is 0 Å². The number of anilines is 1. The van der Waals surface area contributed by atoms with Crippen LogP contribution in [0.15, 0.2) is 24.3 Å². The fourth-order valence-electron chi connectivity index (χ4n) is 3.00. The van der Waals surface area contributed by atoms with Crippen molar-refractivity contribution in [2.24, 2.45) is 5.92 Å². The van der Waals surface area contributed by atoms with Crippen LogP contribution in [0.4, 0.5) is 5.69 Å². The molecule has 0 aromatic heterocycles. The van der Waals surface area contributed by atoms with Gasteiger partial charge >= 0.3 is 0 Å². The Morgan fingerprint density at radius 2 is 2.16 bits per heavy atom. The molecule has 1 aliphatic carbocycles. The first-order chi connectivity index (χ1) is 9.24. The van der Waals surface area contributed by atoms with E-state index >= 15 is 0 Å². The molecular weight excluding hydrogens is 236 g/mol. The molecule has 1 aromatic carbocycles. The molecule has 0 spiro atoms. The molecule has 102 valence electrons. The number of benzene rings is 1. The summed E-state index contributed by atoms with van der Waals surface area (Å²) in [6.45, 7) is 3.01. The first-order valence-corrected chi connectivity index (χ1v) is 7.37. The molecule has 0 saturated heterocycles. The zero-order valence-corrected chi connectivity index (χ0v) is 11.5. The van der Waals surface area contributed by atoms with Crippen LogP contribution in [0, 0.1) is 5.92 Å². The van der Waals surface area contributed by atoms with Crippen LogP contribution >= 0.6 is 0 Å². The Morgan fingerprint density at radius 1 is 1.37 bits per heavy atom. The summed E-state index contributed by atoms with van der Waals surface area (Å²) < 4.78 is 0. The number of amides is 1. The summed E-state index contributed by atoms with van der Waals surface area (Å²) in [6.07, 6.45) is 4.71. The van der Waals surface area contributed by atoms with Crippen LogP contribution in [0.3, 0.4) is 0 Å². The fraction of sp³-hybridized carbons (Fsp3) is 0.562. The molecule has 2 aliphatic rings. The van der Waals surface area contributed by atoms with E-state index in [-0.39, 0.29) is 11.8 Å². The van der Waals surface area contributed by atoms with Crippen molar-refractivity contribution in [1.29, 1.82) is 0 Å². The molecule has 1 heterocycles. The topological polar surface area (TPSA) is 41.1 Å². The molecule has 3 heteroatoms. The summed E-state index contributed by atoms with van der Waals surface area (Å²) in [6, 6.07) is 8.46. The summed E-state index contributed by atoms with van der Waals surface area (Å²) in [5.74, 6) is 1.07. The van der Waals surface area contributed by atoms with E-state index in [0.717, 1.165) is 36.6 Å². The zero-order chi connectivity index (χ0) is 13.2. The molecule has 1 saturated carbocycles. The molecule has 1 fully saturated rings. The van der Waals surface area contributed by atoms with Crippen LogP contribution in [0.5, 0.6) is 0 Å². The normalized spacial score (nSPS) is 23.1. The monoisotopic (exact) mass is 258 g/mol. The van der Waals surface area contributed by atoms with Gasteiger partial charge in [-0.2, -0.15) is 0 Å². The molecule has 0 radical (unpaired) electrons. The van der Waals surface area contributed by atoms with E-state index in [4.69, 9.17) is 0 Å². The largest absolute Gasteiger partial charge is 0.385 e. The number of hydrogen-bond acceptors (Lipinski definition) is 2. The maximum absolute atomic E-state index is 12.4. The minimum atomic E-state index is 0.0131. The standard InChI is InChI=1S/C16H22N2O/c1-11(10-12-6-7-12)18-16(19)14-8-9-17-15-5-3-2-4-13(14)15/h2-5,11-12,14,17H,6-10H2,1H3,(H,18,19). The molecule has 2 atom stereocenters. The van der Waals surface area contributed by atoms with E-state index in [1.165, 1.54) is 12.8 Å². The molecule has 2 unspecified atom stereocenters. The highest BCUT2D eigenvalue weighted by Crippen LogP contribution is 2.34. The lowest BCUT2D eigenvalue weighted by Gasteiger charge is -2.27. The third kappa shape index (κ3) is 2.91. The Bertz CT molecular complexity index is 468. The van der Waals surface area contributed by atoms with Crippen molar-refractivity contribution in [3.05, 3.63) is 29.8 Å². The van der Waals surface area contributed by atoms with Gasteiger partial charge in [-0.25, -0.2) is 0 Å². The maximum atomic E-state index is 12.4. The van der Waals surface area contributed by atoms with Crippen LogP contribution in [0.25, 0.3) is 0 Å². The molecule has 1 amide bonds. The third-order valence-corrected chi connectivity index (χ3v) is 4.17. The Balaban J connectivity index is 1.66. The number of carbonyl (C=O) groups excluding carboxylic acids is 1. The number of rotatable bonds is 4. The highest BCUT2D eigenvalue weighted by Gasteiger charge is 2.29. The van der Waals surface area contributed by atoms with E-state index in [1.807, 2.05) is 12.1 Å². The zero-order valence-electron chi connectivity index (χ0n) is 11.5. The Labute approximate surface area is 114 Å². The molecule has 0 bridgehead atoms. The van der Waals surface area contributed by atoms with Gasteiger partial charge in [0.15, 0.2) is 0 Å². The molecule has 3 rings (SSSR count). The average Bonchev–Trinajstić information content (AvgIpc) is 3.21. The number of fused-ring (bicyclic) bond motifs is 1. The van der Waals surface area contributed by atoms with Crippen molar-refractivity contribution in [1.82, 2.24) is 5.32 Å². The van der Waals surface area contributed by atoms with E-state index < -0.39 is 0 Å². The summed E-state index contributed by atoms with van der Waals surface area (Å²) >= 11 is 0. The van der Waals surface area contributed by atoms with E-state index in [1.54, 1.807) is 0 Å². The quantitative estimate of drug-likeness (QED) is 0.872. The number of hydrogen-bond donors (Lipinski definition) is 2. The average molecular weight is 258 g/mol. The van der Waals surface area contributed by atoms with Gasteiger partial charge in [-0.3, -0.25) is 4.79 Å². The van der Waals surface area contributed by atoms with Gasteiger partial charge in [-0.05, 0) is 37.3 Å². The fourth-order valence-corrected chi connectivity index (χ4v) is 3.00. The summed E-state index contributed by atoms with van der Waals surface area (Å²) in [7, 11) is 0. The highest BCUT2D eigenvalue weighted by molar-refractivity contribution is 5.86. The van der Waals surface area contributed by atoms with E-state index in [2.05, 4.69) is 29.7 Å². The Hall–Kier alpha value is -1.51. The van der Waals surface area contributed by atoms with Crippen molar-refractivity contribution in [3.8, 4) is 0 Å². The predicted molar refractivity (Wildman–Crippen MR) is 77.2 cm³/mol. The molecule has 1 aromatic rings. The van der Waals surface area contributed by atoms with Crippen molar-refractivity contribution in [2.75, 3.05) is 11.9 Å².